The Morgan fingerprint density at radius 1 is 1.50 bits per heavy atom. The fraction of sp³-hybridized carbons (Fsp3) is 0.588. The third kappa shape index (κ3) is 3.91. The molecule has 1 fully saturated rings. The summed E-state index contributed by atoms with van der Waals surface area (Å²) < 4.78 is 5.02. The van der Waals surface area contributed by atoms with Crippen LogP contribution in [0.1, 0.15) is 38.7 Å². The quantitative estimate of drug-likeness (QED) is 0.876. The third-order valence-electron chi connectivity index (χ3n) is 4.31. The number of carbonyl (C=O) groups excluding carboxylic acids is 1. The van der Waals surface area contributed by atoms with Crippen LogP contribution in [0.2, 0.25) is 0 Å². The molecule has 0 spiro atoms. The topological polar surface area (TPSA) is 61.8 Å². The average molecular weight is 306 g/mol. The number of phenols is 1. The fourth-order valence-electron chi connectivity index (χ4n) is 2.88. The van der Waals surface area contributed by atoms with Crippen LogP contribution < -0.4 is 10.1 Å². The molecule has 2 rings (SSSR count). The number of hydrogen-bond acceptors (Lipinski definition) is 4. The van der Waals surface area contributed by atoms with Crippen molar-refractivity contribution in [2.45, 2.75) is 51.7 Å². The number of carbonyl (C=O) groups is 1. The lowest BCUT2D eigenvalue weighted by molar-refractivity contribution is -0.136. The van der Waals surface area contributed by atoms with Crippen LogP contribution in [0.5, 0.6) is 11.5 Å². The van der Waals surface area contributed by atoms with Gasteiger partial charge in [-0.1, -0.05) is 6.07 Å². The highest BCUT2D eigenvalue weighted by atomic mass is 16.5. The third-order valence-corrected chi connectivity index (χ3v) is 4.31. The number of methoxy groups -OCH3 is 1. The van der Waals surface area contributed by atoms with Crippen LogP contribution in [0.15, 0.2) is 18.2 Å². The number of likely N-dealkylation sites (tertiary alicyclic amines) is 1. The highest BCUT2D eigenvalue weighted by Crippen LogP contribution is 2.26. The molecule has 2 atom stereocenters. The number of phenolic OH excluding ortho intramolecular Hbond substituents is 1. The zero-order valence-electron chi connectivity index (χ0n) is 13.6. The van der Waals surface area contributed by atoms with Crippen molar-refractivity contribution >= 4 is 5.91 Å². The van der Waals surface area contributed by atoms with Crippen LogP contribution in [-0.2, 0) is 11.3 Å². The Kier molecular flexibility index (Phi) is 5.66. The molecule has 0 bridgehead atoms. The van der Waals surface area contributed by atoms with Crippen molar-refractivity contribution in [1.82, 2.24) is 10.2 Å². The molecule has 1 heterocycles. The number of rotatable bonds is 5. The van der Waals surface area contributed by atoms with E-state index in [0.29, 0.717) is 18.3 Å². The van der Waals surface area contributed by atoms with Crippen molar-refractivity contribution in [3.05, 3.63) is 23.8 Å². The van der Waals surface area contributed by atoms with Gasteiger partial charge >= 0.3 is 0 Å². The summed E-state index contributed by atoms with van der Waals surface area (Å²) in [5.41, 5.74) is 0.921. The van der Waals surface area contributed by atoms with Gasteiger partial charge in [0.05, 0.1) is 13.2 Å². The number of piperidine rings is 1. The average Bonchev–Trinajstić information content (AvgIpc) is 2.52. The maximum Gasteiger partial charge on any atom is 0.239 e. The van der Waals surface area contributed by atoms with Gasteiger partial charge in [-0.3, -0.25) is 4.79 Å². The SMILES string of the molecule is COc1ccc(CN[C@H](C)C(=O)N2CCCC[C@@H]2C)cc1O. The maximum absolute atomic E-state index is 12.5. The summed E-state index contributed by atoms with van der Waals surface area (Å²) in [5, 5.41) is 13.0. The van der Waals surface area contributed by atoms with Gasteiger partial charge in [-0.05, 0) is 50.8 Å². The summed E-state index contributed by atoms with van der Waals surface area (Å²) in [7, 11) is 1.52. The van der Waals surface area contributed by atoms with Crippen molar-refractivity contribution in [2.75, 3.05) is 13.7 Å². The minimum Gasteiger partial charge on any atom is -0.504 e. The molecular weight excluding hydrogens is 280 g/mol. The summed E-state index contributed by atoms with van der Waals surface area (Å²) in [4.78, 5) is 14.5. The summed E-state index contributed by atoms with van der Waals surface area (Å²) in [6.07, 6.45) is 3.39. The summed E-state index contributed by atoms with van der Waals surface area (Å²) >= 11 is 0. The molecular formula is C17H26N2O3. The van der Waals surface area contributed by atoms with E-state index in [2.05, 4.69) is 12.2 Å². The van der Waals surface area contributed by atoms with Crippen molar-refractivity contribution in [3.8, 4) is 11.5 Å². The molecule has 2 N–H and O–H groups in total. The Morgan fingerprint density at radius 3 is 2.91 bits per heavy atom. The van der Waals surface area contributed by atoms with Gasteiger partial charge in [0.15, 0.2) is 11.5 Å². The van der Waals surface area contributed by atoms with E-state index >= 15 is 0 Å². The molecule has 5 heteroatoms. The Morgan fingerprint density at radius 2 is 2.27 bits per heavy atom. The monoisotopic (exact) mass is 306 g/mol. The van der Waals surface area contributed by atoms with E-state index in [1.807, 2.05) is 17.9 Å². The predicted molar refractivity (Wildman–Crippen MR) is 86.0 cm³/mol. The second-order valence-electron chi connectivity index (χ2n) is 5.99. The molecule has 1 aromatic rings. The van der Waals surface area contributed by atoms with Gasteiger partial charge in [0.2, 0.25) is 5.91 Å². The minimum absolute atomic E-state index is 0.116. The van der Waals surface area contributed by atoms with Crippen LogP contribution in [0.25, 0.3) is 0 Å². The van der Waals surface area contributed by atoms with E-state index in [1.54, 1.807) is 12.1 Å². The number of hydrogen-bond donors (Lipinski definition) is 2. The van der Waals surface area contributed by atoms with Crippen molar-refractivity contribution in [2.24, 2.45) is 0 Å². The van der Waals surface area contributed by atoms with Crippen molar-refractivity contribution < 1.29 is 14.6 Å². The Hall–Kier alpha value is -1.75. The maximum atomic E-state index is 12.5. The van der Waals surface area contributed by atoms with E-state index in [4.69, 9.17) is 4.74 Å². The summed E-state index contributed by atoms with van der Waals surface area (Å²) in [6, 6.07) is 5.37. The van der Waals surface area contributed by atoms with Crippen LogP contribution in [-0.4, -0.2) is 41.7 Å². The number of nitrogens with zero attached hydrogens (tertiary/aromatic N) is 1. The largest absolute Gasteiger partial charge is 0.504 e. The van der Waals surface area contributed by atoms with Crippen LogP contribution >= 0.6 is 0 Å². The Balaban J connectivity index is 1.90. The van der Waals surface area contributed by atoms with Gasteiger partial charge in [-0.15, -0.1) is 0 Å². The number of amides is 1. The first-order chi connectivity index (χ1) is 10.5. The standard InChI is InChI=1S/C17H26N2O3/c1-12-6-4-5-9-19(12)17(21)13(2)18-11-14-7-8-16(22-3)15(20)10-14/h7-8,10,12-13,18,20H,4-6,9,11H2,1-3H3/t12-,13+/m0/s1. The highest BCUT2D eigenvalue weighted by molar-refractivity contribution is 5.81. The van der Waals surface area contributed by atoms with E-state index in [-0.39, 0.29) is 17.7 Å². The van der Waals surface area contributed by atoms with E-state index < -0.39 is 0 Å². The Labute approximate surface area is 132 Å². The molecule has 0 unspecified atom stereocenters. The van der Waals surface area contributed by atoms with Gasteiger partial charge in [0, 0.05) is 19.1 Å². The fourth-order valence-corrected chi connectivity index (χ4v) is 2.88. The summed E-state index contributed by atoms with van der Waals surface area (Å²) in [6.45, 7) is 5.40. The van der Waals surface area contributed by atoms with Crippen LogP contribution in [0, 0.1) is 0 Å². The molecule has 1 aliphatic rings. The smallest absolute Gasteiger partial charge is 0.239 e. The number of ether oxygens (including phenoxy) is 1. The minimum atomic E-state index is -0.232. The molecule has 0 radical (unpaired) electrons. The van der Waals surface area contributed by atoms with E-state index in [0.717, 1.165) is 24.9 Å². The summed E-state index contributed by atoms with van der Waals surface area (Å²) in [5.74, 6) is 0.727. The van der Waals surface area contributed by atoms with Gasteiger partial charge in [-0.2, -0.15) is 0 Å². The van der Waals surface area contributed by atoms with E-state index in [9.17, 15) is 9.90 Å². The molecule has 5 nitrogen and oxygen atoms in total. The normalized spacial score (nSPS) is 19.8. The molecule has 0 aromatic heterocycles. The second kappa shape index (κ2) is 7.49. The number of aromatic hydroxyl groups is 1. The van der Waals surface area contributed by atoms with Crippen molar-refractivity contribution in [3.63, 3.8) is 0 Å². The first-order valence-corrected chi connectivity index (χ1v) is 7.92. The molecule has 1 saturated heterocycles. The predicted octanol–water partition coefficient (Wildman–Crippen LogP) is 2.28. The van der Waals surface area contributed by atoms with E-state index in [1.165, 1.54) is 13.5 Å². The number of benzene rings is 1. The molecule has 0 saturated carbocycles. The van der Waals surface area contributed by atoms with Crippen LogP contribution in [0.4, 0.5) is 0 Å². The zero-order chi connectivity index (χ0) is 16.1. The van der Waals surface area contributed by atoms with Gasteiger partial charge in [0.25, 0.3) is 0 Å². The lowest BCUT2D eigenvalue weighted by Crippen LogP contribution is -2.50. The molecule has 1 aromatic carbocycles. The zero-order valence-corrected chi connectivity index (χ0v) is 13.6. The van der Waals surface area contributed by atoms with Crippen molar-refractivity contribution in [1.29, 1.82) is 0 Å². The molecule has 1 amide bonds. The van der Waals surface area contributed by atoms with Gasteiger partial charge in [-0.25, -0.2) is 0 Å². The molecule has 1 aliphatic heterocycles. The lowest BCUT2D eigenvalue weighted by atomic mass is 10.0. The first-order valence-electron chi connectivity index (χ1n) is 7.92. The molecule has 22 heavy (non-hydrogen) atoms. The molecule has 0 aliphatic carbocycles. The number of nitrogens with one attached hydrogen (secondary N) is 1. The lowest BCUT2D eigenvalue weighted by Gasteiger charge is -2.35. The first kappa shape index (κ1) is 16.6. The highest BCUT2D eigenvalue weighted by Gasteiger charge is 2.26. The van der Waals surface area contributed by atoms with Gasteiger partial charge in [0.1, 0.15) is 0 Å². The van der Waals surface area contributed by atoms with Gasteiger partial charge < -0.3 is 20.1 Å². The van der Waals surface area contributed by atoms with Crippen LogP contribution in [0.3, 0.4) is 0 Å². The Bertz CT molecular complexity index is 519. The second-order valence-corrected chi connectivity index (χ2v) is 5.99. The molecule has 122 valence electrons.